The molecule has 0 aromatic carbocycles. The van der Waals surface area contributed by atoms with Crippen molar-refractivity contribution < 1.29 is 0 Å². The van der Waals surface area contributed by atoms with E-state index in [0.29, 0.717) is 0 Å². The number of nitrogens with zero attached hydrogens (tertiary/aromatic N) is 3. The second-order valence-corrected chi connectivity index (χ2v) is 5.10. The second-order valence-electron chi connectivity index (χ2n) is 4.15. The molecule has 0 aliphatic carbocycles. The van der Waals surface area contributed by atoms with Gasteiger partial charge < -0.3 is 0 Å². The smallest absolute Gasteiger partial charge is 0.191 e. The van der Waals surface area contributed by atoms with Crippen LogP contribution in [-0.4, -0.2) is 14.8 Å². The molecule has 2 aromatic heterocycles. The molecular weight excluding hydrogens is 206 g/mol. The van der Waals surface area contributed by atoms with Crippen LogP contribution in [0.5, 0.6) is 0 Å². The third kappa shape index (κ3) is 1.59. The van der Waals surface area contributed by atoms with Crippen LogP contribution in [0.15, 0.2) is 17.5 Å². The number of rotatable bonds is 1. The summed E-state index contributed by atoms with van der Waals surface area (Å²) >= 11 is 1.70. The summed E-state index contributed by atoms with van der Waals surface area (Å²) in [4.78, 5) is 5.78. The van der Waals surface area contributed by atoms with Crippen molar-refractivity contribution in [3.8, 4) is 10.7 Å². The molecule has 1 aliphatic rings. The summed E-state index contributed by atoms with van der Waals surface area (Å²) in [5.41, 5.74) is 0. The van der Waals surface area contributed by atoms with Crippen LogP contribution in [0.25, 0.3) is 10.7 Å². The molecule has 78 valence electrons. The van der Waals surface area contributed by atoms with E-state index in [2.05, 4.69) is 33.1 Å². The van der Waals surface area contributed by atoms with Crippen molar-refractivity contribution in [2.75, 3.05) is 0 Å². The normalized spacial score (nSPS) is 20.2. The Balaban J connectivity index is 2.00. The van der Waals surface area contributed by atoms with Crippen molar-refractivity contribution in [1.29, 1.82) is 0 Å². The summed E-state index contributed by atoms with van der Waals surface area (Å²) < 4.78 is 2.06. The molecule has 0 bridgehead atoms. The average molecular weight is 219 g/mol. The van der Waals surface area contributed by atoms with E-state index in [9.17, 15) is 0 Å². The van der Waals surface area contributed by atoms with E-state index < -0.39 is 0 Å². The molecule has 1 aliphatic heterocycles. The Hall–Kier alpha value is -1.16. The summed E-state index contributed by atoms with van der Waals surface area (Å²) in [6.07, 6.45) is 2.29. The van der Waals surface area contributed by atoms with Gasteiger partial charge in [0, 0.05) is 13.0 Å². The van der Waals surface area contributed by atoms with Crippen molar-refractivity contribution in [2.24, 2.45) is 5.92 Å². The molecule has 3 heterocycles. The fourth-order valence-electron chi connectivity index (χ4n) is 1.97. The highest BCUT2D eigenvalue weighted by Gasteiger charge is 2.19. The van der Waals surface area contributed by atoms with Crippen LogP contribution in [0.3, 0.4) is 0 Å². The van der Waals surface area contributed by atoms with Crippen LogP contribution in [0.1, 0.15) is 19.2 Å². The first-order valence-corrected chi connectivity index (χ1v) is 6.18. The summed E-state index contributed by atoms with van der Waals surface area (Å²) in [5, 5.41) is 6.61. The highest BCUT2D eigenvalue weighted by Crippen LogP contribution is 2.24. The lowest BCUT2D eigenvalue weighted by Crippen LogP contribution is -2.18. The van der Waals surface area contributed by atoms with Crippen LogP contribution in [0.4, 0.5) is 0 Å². The maximum Gasteiger partial charge on any atom is 0.191 e. The first-order valence-electron chi connectivity index (χ1n) is 5.30. The van der Waals surface area contributed by atoms with Gasteiger partial charge in [0.05, 0.1) is 4.88 Å². The molecule has 4 heteroatoms. The third-order valence-corrected chi connectivity index (χ3v) is 3.72. The molecule has 1 atom stereocenters. The Bertz CT molecular complexity index is 458. The highest BCUT2D eigenvalue weighted by molar-refractivity contribution is 7.13. The molecule has 3 nitrogen and oxygen atoms in total. The van der Waals surface area contributed by atoms with Gasteiger partial charge in [-0.3, -0.25) is 0 Å². The summed E-state index contributed by atoms with van der Waals surface area (Å²) in [6, 6.07) is 4.12. The molecule has 0 saturated carbocycles. The predicted octanol–water partition coefficient (Wildman–Crippen LogP) is 2.59. The van der Waals surface area contributed by atoms with Crippen LogP contribution < -0.4 is 0 Å². The van der Waals surface area contributed by atoms with Gasteiger partial charge in [-0.2, -0.15) is 0 Å². The van der Waals surface area contributed by atoms with Crippen LogP contribution in [0.2, 0.25) is 0 Å². The van der Waals surface area contributed by atoms with Crippen LogP contribution in [0, 0.1) is 5.92 Å². The Labute approximate surface area is 92.8 Å². The number of thiophene rings is 1. The van der Waals surface area contributed by atoms with E-state index in [1.165, 1.54) is 11.3 Å². The van der Waals surface area contributed by atoms with Gasteiger partial charge in [0.1, 0.15) is 5.82 Å². The summed E-state index contributed by atoms with van der Waals surface area (Å²) in [5.74, 6) is 2.80. The molecular formula is C11H13N3S. The molecule has 0 amide bonds. The lowest BCUT2D eigenvalue weighted by atomic mass is 10.0. The van der Waals surface area contributed by atoms with E-state index in [0.717, 1.165) is 30.5 Å². The molecule has 3 rings (SSSR count). The van der Waals surface area contributed by atoms with Crippen molar-refractivity contribution in [3.05, 3.63) is 23.3 Å². The van der Waals surface area contributed by atoms with E-state index in [1.807, 2.05) is 6.07 Å². The number of fused-ring (bicyclic) bond motifs is 1. The summed E-state index contributed by atoms with van der Waals surface area (Å²) in [6.45, 7) is 3.30. The van der Waals surface area contributed by atoms with Gasteiger partial charge in [-0.1, -0.05) is 13.0 Å². The Morgan fingerprint density at radius 1 is 1.53 bits per heavy atom. The number of aryl methyl sites for hydroxylation is 1. The van der Waals surface area contributed by atoms with Gasteiger partial charge >= 0.3 is 0 Å². The molecule has 0 N–H and O–H groups in total. The Morgan fingerprint density at radius 3 is 3.27 bits per heavy atom. The van der Waals surface area contributed by atoms with E-state index >= 15 is 0 Å². The minimum Gasteiger partial charge on any atom is -0.249 e. The van der Waals surface area contributed by atoms with Gasteiger partial charge in [0.25, 0.3) is 0 Å². The first kappa shape index (κ1) is 9.09. The van der Waals surface area contributed by atoms with Crippen molar-refractivity contribution in [2.45, 2.75) is 26.3 Å². The molecule has 0 spiro atoms. The monoisotopic (exact) mass is 219 g/mol. The predicted molar refractivity (Wildman–Crippen MR) is 60.8 cm³/mol. The largest absolute Gasteiger partial charge is 0.249 e. The first-order chi connectivity index (χ1) is 7.33. The quantitative estimate of drug-likeness (QED) is 0.738. The zero-order valence-corrected chi connectivity index (χ0v) is 9.50. The van der Waals surface area contributed by atoms with Gasteiger partial charge in [0.15, 0.2) is 5.82 Å². The lowest BCUT2D eigenvalue weighted by molar-refractivity contribution is 0.386. The van der Waals surface area contributed by atoms with Gasteiger partial charge in [0.2, 0.25) is 0 Å². The summed E-state index contributed by atoms with van der Waals surface area (Å²) in [7, 11) is 0. The van der Waals surface area contributed by atoms with E-state index in [1.54, 1.807) is 11.3 Å². The van der Waals surface area contributed by atoms with E-state index in [4.69, 9.17) is 0 Å². The van der Waals surface area contributed by atoms with Gasteiger partial charge in [-0.15, -0.1) is 16.4 Å². The minimum absolute atomic E-state index is 0.748. The van der Waals surface area contributed by atoms with E-state index in [-0.39, 0.29) is 0 Å². The second kappa shape index (κ2) is 3.45. The number of aromatic nitrogens is 3. The molecule has 0 radical (unpaired) electrons. The van der Waals surface area contributed by atoms with Crippen LogP contribution >= 0.6 is 11.3 Å². The van der Waals surface area contributed by atoms with Crippen molar-refractivity contribution in [1.82, 2.24) is 14.8 Å². The zero-order chi connectivity index (χ0) is 10.3. The molecule has 2 aromatic rings. The highest BCUT2D eigenvalue weighted by atomic mass is 32.1. The maximum absolute atomic E-state index is 4.61. The Morgan fingerprint density at radius 2 is 2.47 bits per heavy atom. The van der Waals surface area contributed by atoms with Crippen LogP contribution in [-0.2, 0) is 13.0 Å². The van der Waals surface area contributed by atoms with Gasteiger partial charge in [-0.05, 0) is 23.8 Å². The standard InChI is InChI=1S/C11H13N3S/c1-8-4-5-14-10(7-8)12-11(13-14)9-3-2-6-15-9/h2-3,6,8H,4-5,7H2,1H3. The fourth-order valence-corrected chi connectivity index (χ4v) is 2.62. The Kier molecular flexibility index (Phi) is 2.09. The van der Waals surface area contributed by atoms with Crippen molar-refractivity contribution in [3.63, 3.8) is 0 Å². The zero-order valence-electron chi connectivity index (χ0n) is 8.68. The van der Waals surface area contributed by atoms with Crippen molar-refractivity contribution >= 4 is 11.3 Å². The average Bonchev–Trinajstić information content (AvgIpc) is 2.84. The molecule has 0 saturated heterocycles. The van der Waals surface area contributed by atoms with Gasteiger partial charge in [-0.25, -0.2) is 9.67 Å². The lowest BCUT2D eigenvalue weighted by Gasteiger charge is -2.17. The third-order valence-electron chi connectivity index (χ3n) is 2.85. The SMILES string of the molecule is CC1CCn2nc(-c3cccs3)nc2C1. The molecule has 15 heavy (non-hydrogen) atoms. The maximum atomic E-state index is 4.61. The number of hydrogen-bond donors (Lipinski definition) is 0. The minimum atomic E-state index is 0.748. The molecule has 1 unspecified atom stereocenters. The molecule has 0 fully saturated rings. The number of hydrogen-bond acceptors (Lipinski definition) is 3. The topological polar surface area (TPSA) is 30.7 Å². The fraction of sp³-hybridized carbons (Fsp3) is 0.455.